The third kappa shape index (κ3) is 4.98. The van der Waals surface area contributed by atoms with Crippen molar-refractivity contribution in [3.8, 4) is 0 Å². The number of carbonyl (C=O) groups excluding carboxylic acids is 1. The van der Waals surface area contributed by atoms with Gasteiger partial charge in [-0.25, -0.2) is 25.9 Å². The maximum Gasteiger partial charge on any atom is 0.258 e. The van der Waals surface area contributed by atoms with E-state index in [1.165, 1.54) is 29.6 Å². The molecule has 2 rings (SSSR count). The fourth-order valence-electron chi connectivity index (χ4n) is 2.64. The summed E-state index contributed by atoms with van der Waals surface area (Å²) in [7, 11) is -6.61. The van der Waals surface area contributed by atoms with Crippen molar-refractivity contribution in [3.05, 3.63) is 52.8 Å². The molecule has 2 aromatic carbocycles. The molecule has 8 nitrogen and oxygen atoms in total. The Hall–Kier alpha value is -2.05. The molecule has 0 atom stereocenters. The van der Waals surface area contributed by atoms with E-state index in [9.17, 15) is 26.0 Å². The first-order chi connectivity index (χ1) is 14.0. The lowest BCUT2D eigenvalue weighted by Gasteiger charge is -2.19. The molecule has 0 bridgehead atoms. The molecule has 2 aromatic rings. The Balaban J connectivity index is 2.43. The standard InChI is InChI=1S/C18H21ClFN3O5S2/c1-4-23(5-2)30(27,28)17-10-12(6-8-15(17)19)22-18(24)14-11-13(7-9-16(14)20)29(25,26)21-3/h6-11,21H,4-5H2,1-3H3,(H,22,24). The number of amides is 1. The molecule has 0 saturated carbocycles. The van der Waals surface area contributed by atoms with Crippen molar-refractivity contribution < 1.29 is 26.0 Å². The first kappa shape index (κ1) is 24.2. The maximum atomic E-state index is 14.1. The molecule has 0 fully saturated rings. The van der Waals surface area contributed by atoms with E-state index in [4.69, 9.17) is 11.6 Å². The minimum Gasteiger partial charge on any atom is -0.322 e. The van der Waals surface area contributed by atoms with Crippen molar-refractivity contribution in [2.75, 3.05) is 25.5 Å². The van der Waals surface area contributed by atoms with E-state index in [2.05, 4.69) is 10.0 Å². The van der Waals surface area contributed by atoms with E-state index in [0.717, 1.165) is 18.2 Å². The normalized spacial score (nSPS) is 12.2. The Morgan fingerprint density at radius 1 is 1.07 bits per heavy atom. The zero-order valence-corrected chi connectivity index (χ0v) is 18.8. The van der Waals surface area contributed by atoms with Crippen LogP contribution in [0.3, 0.4) is 0 Å². The maximum absolute atomic E-state index is 14.1. The second-order valence-electron chi connectivity index (χ2n) is 6.04. The van der Waals surface area contributed by atoms with Gasteiger partial charge in [-0.1, -0.05) is 25.4 Å². The Morgan fingerprint density at radius 3 is 2.27 bits per heavy atom. The van der Waals surface area contributed by atoms with Crippen LogP contribution in [0.25, 0.3) is 0 Å². The molecule has 0 unspecified atom stereocenters. The average Bonchev–Trinajstić information content (AvgIpc) is 2.70. The molecule has 0 aliphatic heterocycles. The molecule has 0 radical (unpaired) electrons. The van der Waals surface area contributed by atoms with Gasteiger partial charge in [0, 0.05) is 18.8 Å². The second kappa shape index (κ2) is 9.40. The van der Waals surface area contributed by atoms with Crippen LogP contribution in [0.4, 0.5) is 10.1 Å². The zero-order chi connectivity index (χ0) is 22.7. The highest BCUT2D eigenvalue weighted by atomic mass is 35.5. The summed E-state index contributed by atoms with van der Waals surface area (Å²) in [5.74, 6) is -1.89. The van der Waals surface area contributed by atoms with Gasteiger partial charge >= 0.3 is 0 Å². The number of rotatable bonds is 8. The van der Waals surface area contributed by atoms with Gasteiger partial charge in [-0.2, -0.15) is 4.31 Å². The molecule has 164 valence electrons. The number of nitrogens with zero attached hydrogens (tertiary/aromatic N) is 1. The monoisotopic (exact) mass is 477 g/mol. The van der Waals surface area contributed by atoms with Crippen LogP contribution >= 0.6 is 11.6 Å². The van der Waals surface area contributed by atoms with Crippen molar-refractivity contribution in [3.63, 3.8) is 0 Å². The van der Waals surface area contributed by atoms with Crippen molar-refractivity contribution in [1.29, 1.82) is 0 Å². The predicted octanol–water partition coefficient (Wildman–Crippen LogP) is 2.67. The van der Waals surface area contributed by atoms with Crippen LogP contribution in [0.15, 0.2) is 46.2 Å². The van der Waals surface area contributed by atoms with E-state index in [0.29, 0.717) is 0 Å². The van der Waals surface area contributed by atoms with Gasteiger partial charge < -0.3 is 5.32 Å². The van der Waals surface area contributed by atoms with Crippen molar-refractivity contribution in [2.24, 2.45) is 0 Å². The second-order valence-corrected chi connectivity index (χ2v) is 10.2. The molecular formula is C18H21ClFN3O5S2. The van der Waals surface area contributed by atoms with Crippen LogP contribution in [-0.2, 0) is 20.0 Å². The van der Waals surface area contributed by atoms with Gasteiger partial charge in [0.2, 0.25) is 20.0 Å². The van der Waals surface area contributed by atoms with Crippen LogP contribution in [0.1, 0.15) is 24.2 Å². The number of sulfonamides is 2. The summed E-state index contributed by atoms with van der Waals surface area (Å²) in [6.07, 6.45) is 0. The van der Waals surface area contributed by atoms with Crippen LogP contribution in [-0.4, -0.2) is 47.2 Å². The highest BCUT2D eigenvalue weighted by Crippen LogP contribution is 2.28. The minimum atomic E-state index is -3.90. The Labute approximate surface area is 180 Å². The summed E-state index contributed by atoms with van der Waals surface area (Å²) in [5.41, 5.74) is -0.467. The fourth-order valence-corrected chi connectivity index (χ4v) is 5.36. The highest BCUT2D eigenvalue weighted by molar-refractivity contribution is 7.89. The van der Waals surface area contributed by atoms with E-state index in [1.807, 2.05) is 0 Å². The van der Waals surface area contributed by atoms with Gasteiger partial charge in [-0.3, -0.25) is 4.79 Å². The van der Waals surface area contributed by atoms with Crippen LogP contribution in [0.5, 0.6) is 0 Å². The van der Waals surface area contributed by atoms with Crippen LogP contribution in [0, 0.1) is 5.82 Å². The Bertz CT molecular complexity index is 1170. The quantitative estimate of drug-likeness (QED) is 0.607. The topological polar surface area (TPSA) is 113 Å². The molecule has 1 amide bonds. The smallest absolute Gasteiger partial charge is 0.258 e. The lowest BCUT2D eigenvalue weighted by atomic mass is 10.2. The van der Waals surface area contributed by atoms with Gasteiger partial charge in [0.1, 0.15) is 10.7 Å². The van der Waals surface area contributed by atoms with Crippen LogP contribution < -0.4 is 10.0 Å². The van der Waals surface area contributed by atoms with E-state index >= 15 is 0 Å². The molecule has 0 heterocycles. The molecule has 30 heavy (non-hydrogen) atoms. The zero-order valence-electron chi connectivity index (χ0n) is 16.4. The molecule has 0 aliphatic rings. The first-order valence-electron chi connectivity index (χ1n) is 8.82. The largest absolute Gasteiger partial charge is 0.322 e. The SMILES string of the molecule is CCN(CC)S(=O)(=O)c1cc(NC(=O)c2cc(S(=O)(=O)NC)ccc2F)ccc1Cl. The Morgan fingerprint density at radius 2 is 1.70 bits per heavy atom. The lowest BCUT2D eigenvalue weighted by Crippen LogP contribution is -2.30. The number of halogens is 2. The number of hydrogen-bond acceptors (Lipinski definition) is 5. The highest BCUT2D eigenvalue weighted by Gasteiger charge is 2.25. The van der Waals surface area contributed by atoms with Gasteiger partial charge in [-0.05, 0) is 43.4 Å². The lowest BCUT2D eigenvalue weighted by molar-refractivity contribution is 0.102. The summed E-state index contributed by atoms with van der Waals surface area (Å²) in [5, 5.41) is 2.34. The van der Waals surface area contributed by atoms with E-state index < -0.39 is 37.3 Å². The number of nitrogens with one attached hydrogen (secondary N) is 2. The van der Waals surface area contributed by atoms with Crippen molar-refractivity contribution in [1.82, 2.24) is 9.03 Å². The summed E-state index contributed by atoms with van der Waals surface area (Å²) >= 11 is 6.05. The predicted molar refractivity (Wildman–Crippen MR) is 112 cm³/mol. The summed E-state index contributed by atoms with van der Waals surface area (Å²) < 4.78 is 66.8. The van der Waals surface area contributed by atoms with Gasteiger partial charge in [0.25, 0.3) is 5.91 Å². The number of hydrogen-bond donors (Lipinski definition) is 2. The van der Waals surface area contributed by atoms with E-state index in [-0.39, 0.29) is 33.6 Å². The average molecular weight is 478 g/mol. The summed E-state index contributed by atoms with van der Waals surface area (Å²) in [4.78, 5) is 12.0. The molecule has 0 spiro atoms. The molecule has 2 N–H and O–H groups in total. The van der Waals surface area contributed by atoms with Crippen LogP contribution in [0.2, 0.25) is 5.02 Å². The van der Waals surface area contributed by atoms with E-state index in [1.54, 1.807) is 13.8 Å². The Kier molecular flexibility index (Phi) is 7.59. The molecule has 0 aliphatic carbocycles. The van der Waals surface area contributed by atoms with Crippen molar-refractivity contribution >= 4 is 43.2 Å². The number of anilines is 1. The van der Waals surface area contributed by atoms with Gasteiger partial charge in [-0.15, -0.1) is 0 Å². The first-order valence-corrected chi connectivity index (χ1v) is 12.1. The molecule has 0 saturated heterocycles. The van der Waals surface area contributed by atoms with Crippen molar-refractivity contribution in [2.45, 2.75) is 23.6 Å². The minimum absolute atomic E-state index is 0.0341. The van der Waals surface area contributed by atoms with Gasteiger partial charge in [0.15, 0.2) is 0 Å². The summed E-state index contributed by atoms with van der Waals surface area (Å²) in [6, 6.07) is 6.59. The third-order valence-corrected chi connectivity index (χ3v) is 8.22. The summed E-state index contributed by atoms with van der Waals surface area (Å²) in [6.45, 7) is 3.80. The molecule has 12 heteroatoms. The third-order valence-electron chi connectivity index (χ3n) is 4.27. The molecule has 0 aromatic heterocycles. The number of carbonyl (C=O) groups is 1. The van der Waals surface area contributed by atoms with Gasteiger partial charge in [0.05, 0.1) is 15.5 Å². The fraction of sp³-hybridized carbons (Fsp3) is 0.278. The molecular weight excluding hydrogens is 457 g/mol. The number of benzene rings is 2.